The number of halogens is 3. The summed E-state index contributed by atoms with van der Waals surface area (Å²) in [6, 6.07) is 4.70. The zero-order valence-corrected chi connectivity index (χ0v) is 19.9. The molecule has 2 amide bonds. The molecule has 0 unspecified atom stereocenters. The van der Waals surface area contributed by atoms with E-state index in [1.54, 1.807) is 11.9 Å². The van der Waals surface area contributed by atoms with Gasteiger partial charge in [-0.25, -0.2) is 4.79 Å². The molecule has 3 rings (SSSR count). The normalized spacial score (nSPS) is 19.6. The van der Waals surface area contributed by atoms with Crippen molar-refractivity contribution in [3.05, 3.63) is 24.3 Å². The number of ether oxygens (including phenoxy) is 3. The van der Waals surface area contributed by atoms with Crippen molar-refractivity contribution in [2.45, 2.75) is 63.5 Å². The highest BCUT2D eigenvalue weighted by Crippen LogP contribution is 2.28. The molecule has 35 heavy (non-hydrogen) atoms. The van der Waals surface area contributed by atoms with E-state index >= 15 is 0 Å². The average Bonchev–Trinajstić information content (AvgIpc) is 3.32. The first-order valence-electron chi connectivity index (χ1n) is 12.1. The Balaban J connectivity index is 1.50. The standard InChI is InChI=1S/C24H34F3N3O5/c1-30(13-12-28-18-7-9-19(10-8-18)35-24(25,26)27)22(31)21(15-17-5-3-2-4-6-17)29-23(32)34-20-11-14-33-16-20/h7-10,17,20-21,28H,2-6,11-16H2,1H3,(H,29,32)/t20-,21-/m0/s1. The summed E-state index contributed by atoms with van der Waals surface area (Å²) in [4.78, 5) is 27.2. The van der Waals surface area contributed by atoms with Crippen LogP contribution in [0, 0.1) is 5.92 Å². The molecule has 1 aromatic rings. The molecule has 2 atom stereocenters. The predicted octanol–water partition coefficient (Wildman–Crippen LogP) is 4.31. The molecule has 2 fully saturated rings. The van der Waals surface area contributed by atoms with E-state index in [1.807, 2.05) is 0 Å². The molecule has 0 spiro atoms. The molecular weight excluding hydrogens is 467 g/mol. The lowest BCUT2D eigenvalue weighted by atomic mass is 9.84. The monoisotopic (exact) mass is 501 g/mol. The Morgan fingerprint density at radius 3 is 2.49 bits per heavy atom. The molecule has 1 saturated heterocycles. The Kier molecular flexibility index (Phi) is 9.88. The number of carbonyl (C=O) groups is 2. The minimum atomic E-state index is -4.74. The molecule has 8 nitrogen and oxygen atoms in total. The molecule has 1 aromatic carbocycles. The van der Waals surface area contributed by atoms with Gasteiger partial charge in [0.25, 0.3) is 0 Å². The van der Waals surface area contributed by atoms with Gasteiger partial charge in [-0.2, -0.15) is 0 Å². The second-order valence-corrected chi connectivity index (χ2v) is 9.09. The van der Waals surface area contributed by atoms with Crippen molar-refractivity contribution in [3.8, 4) is 5.75 Å². The number of likely N-dealkylation sites (N-methyl/N-ethyl adjacent to an activating group) is 1. The minimum absolute atomic E-state index is 0.203. The van der Waals surface area contributed by atoms with Crippen LogP contribution >= 0.6 is 0 Å². The van der Waals surface area contributed by atoms with E-state index in [1.165, 1.54) is 30.7 Å². The van der Waals surface area contributed by atoms with Crippen LogP contribution in [0.2, 0.25) is 0 Å². The Morgan fingerprint density at radius 1 is 1.14 bits per heavy atom. The molecule has 2 N–H and O–H groups in total. The van der Waals surface area contributed by atoms with Crippen molar-refractivity contribution in [3.63, 3.8) is 0 Å². The van der Waals surface area contributed by atoms with Crippen LogP contribution in [0.4, 0.5) is 23.7 Å². The summed E-state index contributed by atoms with van der Waals surface area (Å²) in [7, 11) is 1.66. The van der Waals surface area contributed by atoms with Crippen LogP contribution in [0.5, 0.6) is 5.75 Å². The van der Waals surface area contributed by atoms with Crippen LogP contribution in [-0.4, -0.2) is 68.8 Å². The van der Waals surface area contributed by atoms with Crippen LogP contribution in [0.1, 0.15) is 44.9 Å². The van der Waals surface area contributed by atoms with Crippen LogP contribution in [0.15, 0.2) is 24.3 Å². The summed E-state index contributed by atoms with van der Waals surface area (Å²) < 4.78 is 51.4. The second kappa shape index (κ2) is 12.9. The number of anilines is 1. The molecule has 0 radical (unpaired) electrons. The first kappa shape index (κ1) is 26.9. The van der Waals surface area contributed by atoms with Gasteiger partial charge in [-0.3, -0.25) is 4.79 Å². The van der Waals surface area contributed by atoms with E-state index in [0.29, 0.717) is 50.8 Å². The summed E-state index contributed by atoms with van der Waals surface area (Å²) in [6.45, 7) is 1.63. The highest BCUT2D eigenvalue weighted by atomic mass is 19.4. The SMILES string of the molecule is CN(CCNc1ccc(OC(F)(F)F)cc1)C(=O)[C@H](CC1CCCCC1)NC(=O)O[C@H]1CCOC1. The van der Waals surface area contributed by atoms with Crippen molar-refractivity contribution in [1.29, 1.82) is 0 Å². The first-order chi connectivity index (χ1) is 16.7. The van der Waals surface area contributed by atoms with E-state index in [4.69, 9.17) is 9.47 Å². The molecule has 11 heteroatoms. The quantitative estimate of drug-likeness (QED) is 0.497. The molecule has 1 saturated carbocycles. The smallest absolute Gasteiger partial charge is 0.444 e. The van der Waals surface area contributed by atoms with E-state index in [2.05, 4.69) is 15.4 Å². The van der Waals surface area contributed by atoms with Crippen molar-refractivity contribution in [1.82, 2.24) is 10.2 Å². The summed E-state index contributed by atoms with van der Waals surface area (Å²) >= 11 is 0. The van der Waals surface area contributed by atoms with E-state index < -0.39 is 18.5 Å². The van der Waals surface area contributed by atoms with Crippen molar-refractivity contribution < 1.29 is 37.0 Å². The maximum Gasteiger partial charge on any atom is 0.573 e. The van der Waals surface area contributed by atoms with Gasteiger partial charge in [0.1, 0.15) is 17.9 Å². The molecule has 1 heterocycles. The zero-order chi connectivity index (χ0) is 25.3. The Bertz CT molecular complexity index is 810. The lowest BCUT2D eigenvalue weighted by molar-refractivity contribution is -0.274. The summed E-state index contributed by atoms with van der Waals surface area (Å²) in [5, 5.41) is 5.84. The zero-order valence-electron chi connectivity index (χ0n) is 19.9. The van der Waals surface area contributed by atoms with Crippen LogP contribution < -0.4 is 15.4 Å². The number of hydrogen-bond acceptors (Lipinski definition) is 6. The minimum Gasteiger partial charge on any atom is -0.444 e. The summed E-state index contributed by atoms with van der Waals surface area (Å²) in [5.74, 6) is -0.134. The third kappa shape index (κ3) is 9.46. The number of benzene rings is 1. The van der Waals surface area contributed by atoms with E-state index in [0.717, 1.165) is 25.7 Å². The van der Waals surface area contributed by atoms with Crippen molar-refractivity contribution in [2.24, 2.45) is 5.92 Å². The fraction of sp³-hybridized carbons (Fsp3) is 0.667. The molecule has 1 aliphatic heterocycles. The molecular formula is C24H34F3N3O5. The van der Waals surface area contributed by atoms with Gasteiger partial charge in [-0.15, -0.1) is 13.2 Å². The second-order valence-electron chi connectivity index (χ2n) is 9.09. The van der Waals surface area contributed by atoms with Gasteiger partial charge in [-0.1, -0.05) is 32.1 Å². The van der Waals surface area contributed by atoms with Gasteiger partial charge in [0.05, 0.1) is 13.2 Å². The molecule has 196 valence electrons. The van der Waals surface area contributed by atoms with Gasteiger partial charge in [0.15, 0.2) is 0 Å². The Labute approximate surface area is 203 Å². The maximum absolute atomic E-state index is 13.2. The van der Waals surface area contributed by atoms with Gasteiger partial charge in [0.2, 0.25) is 5.91 Å². The van der Waals surface area contributed by atoms with Gasteiger partial charge in [0, 0.05) is 32.2 Å². The highest BCUT2D eigenvalue weighted by molar-refractivity contribution is 5.85. The molecule has 1 aliphatic carbocycles. The average molecular weight is 502 g/mol. The van der Waals surface area contributed by atoms with E-state index in [-0.39, 0.29) is 17.8 Å². The number of nitrogens with one attached hydrogen (secondary N) is 2. The number of nitrogens with zero attached hydrogens (tertiary/aromatic N) is 1. The number of alkyl halides is 3. The number of carbonyl (C=O) groups excluding carboxylic acids is 2. The maximum atomic E-state index is 13.2. The first-order valence-corrected chi connectivity index (χ1v) is 12.1. The third-order valence-electron chi connectivity index (χ3n) is 6.29. The van der Waals surface area contributed by atoms with Gasteiger partial charge in [-0.05, 0) is 36.6 Å². The Hall–Kier alpha value is -2.69. The van der Waals surface area contributed by atoms with Gasteiger partial charge >= 0.3 is 12.5 Å². The summed E-state index contributed by atoms with van der Waals surface area (Å²) in [6.07, 6.45) is 1.09. The van der Waals surface area contributed by atoms with Crippen molar-refractivity contribution >= 4 is 17.7 Å². The third-order valence-corrected chi connectivity index (χ3v) is 6.29. The lowest BCUT2D eigenvalue weighted by Gasteiger charge is -2.29. The fourth-order valence-electron chi connectivity index (χ4n) is 4.43. The highest BCUT2D eigenvalue weighted by Gasteiger charge is 2.31. The lowest BCUT2D eigenvalue weighted by Crippen LogP contribution is -2.49. The van der Waals surface area contributed by atoms with E-state index in [9.17, 15) is 22.8 Å². The topological polar surface area (TPSA) is 89.1 Å². The number of hydrogen-bond donors (Lipinski definition) is 2. The van der Waals surface area contributed by atoms with Crippen molar-refractivity contribution in [2.75, 3.05) is 38.7 Å². The molecule has 2 aliphatic rings. The number of amides is 2. The Morgan fingerprint density at radius 2 is 1.86 bits per heavy atom. The van der Waals surface area contributed by atoms with Crippen LogP contribution in [-0.2, 0) is 14.3 Å². The summed E-state index contributed by atoms with van der Waals surface area (Å²) in [5.41, 5.74) is 0.597. The predicted molar refractivity (Wildman–Crippen MR) is 123 cm³/mol. The number of alkyl carbamates (subject to hydrolysis) is 1. The van der Waals surface area contributed by atoms with Crippen LogP contribution in [0.3, 0.4) is 0 Å². The molecule has 0 aromatic heterocycles. The van der Waals surface area contributed by atoms with Crippen LogP contribution in [0.25, 0.3) is 0 Å². The fourth-order valence-corrected chi connectivity index (χ4v) is 4.43. The molecule has 0 bridgehead atoms. The number of rotatable bonds is 10. The van der Waals surface area contributed by atoms with Gasteiger partial charge < -0.3 is 29.7 Å². The largest absolute Gasteiger partial charge is 0.573 e.